The first-order valence-electron chi connectivity index (χ1n) is 7.66. The number of carbonyl (C=O) groups is 1. The van der Waals surface area contributed by atoms with E-state index in [0.29, 0.717) is 6.61 Å². The molecule has 19 heavy (non-hydrogen) atoms. The van der Waals surface area contributed by atoms with Gasteiger partial charge in [-0.05, 0) is 26.2 Å². The van der Waals surface area contributed by atoms with E-state index in [1.807, 2.05) is 0 Å². The van der Waals surface area contributed by atoms with E-state index in [-0.39, 0.29) is 24.6 Å². The van der Waals surface area contributed by atoms with Crippen molar-refractivity contribution >= 4 is 5.97 Å². The van der Waals surface area contributed by atoms with Crippen molar-refractivity contribution < 1.29 is 19.4 Å². The molecule has 0 aromatic rings. The topological polar surface area (TPSA) is 55.8 Å². The van der Waals surface area contributed by atoms with Gasteiger partial charge in [-0.2, -0.15) is 0 Å². The SMILES string of the molecule is CCCCCC[C@H]1CC[C@H](O)[C@@H](CC(=O)OCC)O1. The largest absolute Gasteiger partial charge is 0.466 e. The van der Waals surface area contributed by atoms with Gasteiger partial charge >= 0.3 is 5.97 Å². The van der Waals surface area contributed by atoms with Crippen LogP contribution in [0.15, 0.2) is 0 Å². The lowest BCUT2D eigenvalue weighted by Crippen LogP contribution is -2.40. The molecule has 112 valence electrons. The van der Waals surface area contributed by atoms with E-state index in [1.165, 1.54) is 25.7 Å². The van der Waals surface area contributed by atoms with E-state index in [1.54, 1.807) is 6.92 Å². The fourth-order valence-electron chi connectivity index (χ4n) is 2.53. The summed E-state index contributed by atoms with van der Waals surface area (Å²) in [6.45, 7) is 4.36. The van der Waals surface area contributed by atoms with Crippen molar-refractivity contribution in [2.75, 3.05) is 6.61 Å². The molecule has 1 heterocycles. The number of aliphatic hydroxyl groups excluding tert-OH is 1. The molecule has 1 fully saturated rings. The van der Waals surface area contributed by atoms with Gasteiger partial charge in [-0.25, -0.2) is 0 Å². The molecule has 0 aliphatic carbocycles. The van der Waals surface area contributed by atoms with Crippen LogP contribution in [0.3, 0.4) is 0 Å². The number of hydrogen-bond donors (Lipinski definition) is 1. The average molecular weight is 272 g/mol. The Bertz CT molecular complexity index is 255. The highest BCUT2D eigenvalue weighted by Crippen LogP contribution is 2.25. The van der Waals surface area contributed by atoms with Crippen LogP contribution in [0.5, 0.6) is 0 Å². The number of esters is 1. The summed E-state index contributed by atoms with van der Waals surface area (Å²) in [6.07, 6.45) is 7.00. The number of hydrogen-bond acceptors (Lipinski definition) is 4. The maximum atomic E-state index is 11.4. The Morgan fingerprint density at radius 1 is 1.26 bits per heavy atom. The summed E-state index contributed by atoms with van der Waals surface area (Å²) in [5, 5.41) is 9.88. The quantitative estimate of drug-likeness (QED) is 0.545. The molecule has 1 N–H and O–H groups in total. The third kappa shape index (κ3) is 6.39. The maximum Gasteiger partial charge on any atom is 0.308 e. The lowest BCUT2D eigenvalue weighted by atomic mass is 9.96. The smallest absolute Gasteiger partial charge is 0.308 e. The van der Waals surface area contributed by atoms with Crippen molar-refractivity contribution in [3.05, 3.63) is 0 Å². The minimum Gasteiger partial charge on any atom is -0.466 e. The monoisotopic (exact) mass is 272 g/mol. The minimum atomic E-state index is -0.531. The molecule has 1 aliphatic rings. The van der Waals surface area contributed by atoms with E-state index in [0.717, 1.165) is 19.3 Å². The Morgan fingerprint density at radius 3 is 2.74 bits per heavy atom. The summed E-state index contributed by atoms with van der Waals surface area (Å²) in [7, 11) is 0. The van der Waals surface area contributed by atoms with Crippen LogP contribution < -0.4 is 0 Å². The molecule has 0 aromatic carbocycles. The second kappa shape index (κ2) is 9.32. The lowest BCUT2D eigenvalue weighted by Gasteiger charge is -2.33. The van der Waals surface area contributed by atoms with Crippen LogP contribution in [0, 0.1) is 0 Å². The van der Waals surface area contributed by atoms with Crippen LogP contribution in [0.2, 0.25) is 0 Å². The predicted octanol–water partition coefficient (Wildman–Crippen LogP) is 2.82. The molecule has 0 bridgehead atoms. The van der Waals surface area contributed by atoms with Gasteiger partial charge in [0.25, 0.3) is 0 Å². The lowest BCUT2D eigenvalue weighted by molar-refractivity contribution is -0.158. The summed E-state index contributed by atoms with van der Waals surface area (Å²) < 4.78 is 10.8. The van der Waals surface area contributed by atoms with E-state index in [2.05, 4.69) is 6.92 Å². The molecule has 3 atom stereocenters. The molecule has 4 nitrogen and oxygen atoms in total. The standard InChI is InChI=1S/C15H28O4/c1-3-5-6-7-8-12-9-10-13(16)14(19-12)11-15(17)18-4-2/h12-14,16H,3-11H2,1-2H3/t12-,13-,14+/m0/s1. The zero-order valence-electron chi connectivity index (χ0n) is 12.3. The van der Waals surface area contributed by atoms with Crippen LogP contribution in [0.4, 0.5) is 0 Å². The van der Waals surface area contributed by atoms with Crippen LogP contribution in [0.1, 0.15) is 65.2 Å². The van der Waals surface area contributed by atoms with Gasteiger partial charge < -0.3 is 14.6 Å². The number of carbonyl (C=O) groups excluding carboxylic acids is 1. The number of rotatable bonds is 8. The van der Waals surface area contributed by atoms with Crippen molar-refractivity contribution in [3.63, 3.8) is 0 Å². The molecule has 1 saturated heterocycles. The molecule has 0 unspecified atom stereocenters. The second-order valence-electron chi connectivity index (χ2n) is 5.30. The molecule has 0 radical (unpaired) electrons. The fraction of sp³-hybridized carbons (Fsp3) is 0.933. The third-order valence-corrected chi connectivity index (χ3v) is 3.63. The second-order valence-corrected chi connectivity index (χ2v) is 5.30. The molecule has 1 aliphatic heterocycles. The summed E-state index contributed by atoms with van der Waals surface area (Å²) in [6, 6.07) is 0. The zero-order chi connectivity index (χ0) is 14.1. The highest BCUT2D eigenvalue weighted by molar-refractivity contribution is 5.70. The third-order valence-electron chi connectivity index (χ3n) is 3.63. The molecule has 0 spiro atoms. The van der Waals surface area contributed by atoms with Crippen molar-refractivity contribution in [3.8, 4) is 0 Å². The normalized spacial score (nSPS) is 27.2. The first-order valence-corrected chi connectivity index (χ1v) is 7.66. The molecular formula is C15H28O4. The summed E-state index contributed by atoms with van der Waals surface area (Å²) >= 11 is 0. The summed E-state index contributed by atoms with van der Waals surface area (Å²) in [4.78, 5) is 11.4. The van der Waals surface area contributed by atoms with Gasteiger partial charge in [0.2, 0.25) is 0 Å². The Hall–Kier alpha value is -0.610. The first-order chi connectivity index (χ1) is 9.17. The van der Waals surface area contributed by atoms with Gasteiger partial charge in [-0.3, -0.25) is 4.79 Å². The van der Waals surface area contributed by atoms with Crippen molar-refractivity contribution in [2.45, 2.75) is 83.5 Å². The highest BCUT2D eigenvalue weighted by atomic mass is 16.5. The Balaban J connectivity index is 2.29. The van der Waals surface area contributed by atoms with Gasteiger partial charge in [0.15, 0.2) is 0 Å². The molecule has 0 amide bonds. The van der Waals surface area contributed by atoms with Gasteiger partial charge in [-0.1, -0.05) is 32.6 Å². The Labute approximate surface area is 116 Å². The Morgan fingerprint density at radius 2 is 2.05 bits per heavy atom. The first kappa shape index (κ1) is 16.4. The summed E-state index contributed by atoms with van der Waals surface area (Å²) in [5.74, 6) is -0.279. The average Bonchev–Trinajstić information content (AvgIpc) is 2.38. The van der Waals surface area contributed by atoms with Crippen LogP contribution in [-0.4, -0.2) is 36.0 Å². The molecular weight excluding hydrogens is 244 g/mol. The van der Waals surface area contributed by atoms with Crippen molar-refractivity contribution in [2.24, 2.45) is 0 Å². The van der Waals surface area contributed by atoms with E-state index < -0.39 is 6.10 Å². The van der Waals surface area contributed by atoms with Crippen LogP contribution >= 0.6 is 0 Å². The maximum absolute atomic E-state index is 11.4. The zero-order valence-corrected chi connectivity index (χ0v) is 12.3. The number of unbranched alkanes of at least 4 members (excludes halogenated alkanes) is 3. The summed E-state index contributed by atoms with van der Waals surface area (Å²) in [5.41, 5.74) is 0. The predicted molar refractivity (Wildman–Crippen MR) is 73.9 cm³/mol. The van der Waals surface area contributed by atoms with Crippen molar-refractivity contribution in [1.29, 1.82) is 0 Å². The number of ether oxygens (including phenoxy) is 2. The van der Waals surface area contributed by atoms with E-state index in [9.17, 15) is 9.90 Å². The van der Waals surface area contributed by atoms with Gasteiger partial charge in [0, 0.05) is 0 Å². The Kier molecular flexibility index (Phi) is 8.07. The molecule has 4 heteroatoms. The molecule has 1 rings (SSSR count). The van der Waals surface area contributed by atoms with Gasteiger partial charge in [0.05, 0.1) is 31.3 Å². The molecule has 0 aromatic heterocycles. The minimum absolute atomic E-state index is 0.167. The van der Waals surface area contributed by atoms with E-state index >= 15 is 0 Å². The van der Waals surface area contributed by atoms with E-state index in [4.69, 9.17) is 9.47 Å². The molecule has 0 saturated carbocycles. The van der Waals surface area contributed by atoms with Gasteiger partial charge in [-0.15, -0.1) is 0 Å². The number of aliphatic hydroxyl groups is 1. The van der Waals surface area contributed by atoms with Crippen LogP contribution in [0.25, 0.3) is 0 Å². The van der Waals surface area contributed by atoms with Crippen molar-refractivity contribution in [1.82, 2.24) is 0 Å². The van der Waals surface area contributed by atoms with Crippen LogP contribution in [-0.2, 0) is 14.3 Å². The van der Waals surface area contributed by atoms with Gasteiger partial charge in [0.1, 0.15) is 0 Å². The fourth-order valence-corrected chi connectivity index (χ4v) is 2.53. The highest BCUT2D eigenvalue weighted by Gasteiger charge is 2.31.